The molecule has 0 unspecified atom stereocenters. The number of alkyl halides is 1. The predicted molar refractivity (Wildman–Crippen MR) is 107 cm³/mol. The zero-order chi connectivity index (χ0) is 22.7. The summed E-state index contributed by atoms with van der Waals surface area (Å²) in [4.78, 5) is 35.4. The van der Waals surface area contributed by atoms with Crippen molar-refractivity contribution in [2.24, 2.45) is 0 Å². The maximum absolute atomic E-state index is 11.2. The molecule has 13 nitrogen and oxygen atoms in total. The van der Waals surface area contributed by atoms with Gasteiger partial charge in [0.2, 0.25) is 5.65 Å². The van der Waals surface area contributed by atoms with Crippen molar-refractivity contribution in [3.8, 4) is 0 Å². The van der Waals surface area contributed by atoms with Gasteiger partial charge in [-0.15, -0.1) is 11.6 Å². The van der Waals surface area contributed by atoms with Crippen LogP contribution in [0.1, 0.15) is 16.8 Å². The highest BCUT2D eigenvalue weighted by atomic mass is 35.5. The average molecular weight is 471 g/mol. The molecule has 0 radical (unpaired) electrons. The SMILES string of the molecule is O=[N+]([O-])c1ccc(COCc2nc3c([N+](=O)[O-])cnn3c(Cl)c2CCCl)c([N+](=O)[O-])c1. The minimum atomic E-state index is -0.749. The quantitative estimate of drug-likeness (QED) is 0.196. The maximum Gasteiger partial charge on any atom is 0.333 e. The molecule has 0 fully saturated rings. The first-order chi connectivity index (χ1) is 14.7. The molecule has 15 heteroatoms. The summed E-state index contributed by atoms with van der Waals surface area (Å²) >= 11 is 12.1. The number of nitrogens with zero attached hydrogens (tertiary/aromatic N) is 6. The number of hydrogen-bond donors (Lipinski definition) is 0. The Hall–Kier alpha value is -3.42. The van der Waals surface area contributed by atoms with E-state index in [4.69, 9.17) is 27.9 Å². The van der Waals surface area contributed by atoms with Crippen molar-refractivity contribution in [3.63, 3.8) is 0 Å². The summed E-state index contributed by atoms with van der Waals surface area (Å²) < 4.78 is 6.64. The molecular formula is C16H12Cl2N6O7. The van der Waals surface area contributed by atoms with Crippen molar-refractivity contribution in [3.05, 3.63) is 76.7 Å². The van der Waals surface area contributed by atoms with E-state index in [1.165, 1.54) is 6.07 Å². The Balaban J connectivity index is 1.91. The molecule has 0 aliphatic heterocycles. The lowest BCUT2D eigenvalue weighted by atomic mass is 10.1. The molecule has 0 saturated carbocycles. The first-order valence-electron chi connectivity index (χ1n) is 8.49. The zero-order valence-electron chi connectivity index (χ0n) is 15.4. The normalized spacial score (nSPS) is 11.0. The zero-order valence-corrected chi connectivity index (χ0v) is 16.9. The molecule has 0 saturated heterocycles. The first-order valence-corrected chi connectivity index (χ1v) is 9.40. The first kappa shape index (κ1) is 22.3. The highest BCUT2D eigenvalue weighted by molar-refractivity contribution is 6.30. The number of aromatic nitrogens is 3. The molecule has 0 aliphatic carbocycles. The molecule has 0 spiro atoms. The number of non-ortho nitro benzene ring substituents is 1. The van der Waals surface area contributed by atoms with E-state index in [1.807, 2.05) is 0 Å². The van der Waals surface area contributed by atoms with Crippen LogP contribution < -0.4 is 0 Å². The van der Waals surface area contributed by atoms with Gasteiger partial charge in [0.15, 0.2) is 0 Å². The second-order valence-electron chi connectivity index (χ2n) is 6.11. The maximum atomic E-state index is 11.2. The molecule has 0 atom stereocenters. The topological polar surface area (TPSA) is 169 Å². The molecule has 3 aromatic rings. The van der Waals surface area contributed by atoms with Crippen LogP contribution in [0.3, 0.4) is 0 Å². The van der Waals surface area contributed by atoms with E-state index in [0.717, 1.165) is 22.8 Å². The van der Waals surface area contributed by atoms with E-state index in [0.29, 0.717) is 5.56 Å². The van der Waals surface area contributed by atoms with E-state index in [2.05, 4.69) is 10.1 Å². The molecule has 0 bridgehead atoms. The van der Waals surface area contributed by atoms with Gasteiger partial charge < -0.3 is 4.74 Å². The number of ether oxygens (including phenoxy) is 1. The minimum Gasteiger partial charge on any atom is -0.370 e. The fourth-order valence-electron chi connectivity index (χ4n) is 2.83. The Kier molecular flexibility index (Phi) is 6.58. The summed E-state index contributed by atoms with van der Waals surface area (Å²) in [6.45, 7) is -0.459. The Bertz CT molecular complexity index is 1200. The van der Waals surface area contributed by atoms with Gasteiger partial charge in [-0.3, -0.25) is 30.3 Å². The highest BCUT2D eigenvalue weighted by Crippen LogP contribution is 2.28. The second-order valence-corrected chi connectivity index (χ2v) is 6.85. The second kappa shape index (κ2) is 9.16. The van der Waals surface area contributed by atoms with E-state index >= 15 is 0 Å². The third-order valence-corrected chi connectivity index (χ3v) is 4.84. The van der Waals surface area contributed by atoms with Crippen LogP contribution in [0.25, 0.3) is 5.65 Å². The van der Waals surface area contributed by atoms with E-state index in [1.54, 1.807) is 0 Å². The van der Waals surface area contributed by atoms with Crippen LogP contribution in [-0.2, 0) is 24.4 Å². The standard InChI is InChI=1S/C16H12Cl2N6O7/c17-4-3-11-12(20-16-14(24(29)30)6-19-21(16)15(11)18)8-31-7-9-1-2-10(22(25)26)5-13(9)23(27)28/h1-2,5-6H,3-4,7-8H2. The Morgan fingerprint density at radius 1 is 1.03 bits per heavy atom. The summed E-state index contributed by atoms with van der Waals surface area (Å²) in [7, 11) is 0. The van der Waals surface area contributed by atoms with Crippen LogP contribution >= 0.6 is 23.2 Å². The van der Waals surface area contributed by atoms with Gasteiger partial charge in [-0.1, -0.05) is 11.6 Å². The van der Waals surface area contributed by atoms with Crippen LogP contribution in [0.4, 0.5) is 17.1 Å². The fourth-order valence-corrected chi connectivity index (χ4v) is 3.35. The Morgan fingerprint density at radius 2 is 1.74 bits per heavy atom. The number of benzene rings is 1. The monoisotopic (exact) mass is 470 g/mol. The van der Waals surface area contributed by atoms with Crippen LogP contribution in [0.5, 0.6) is 0 Å². The highest BCUT2D eigenvalue weighted by Gasteiger charge is 2.23. The molecule has 31 heavy (non-hydrogen) atoms. The molecule has 1 aromatic carbocycles. The van der Waals surface area contributed by atoms with Crippen LogP contribution in [-0.4, -0.2) is 35.2 Å². The van der Waals surface area contributed by atoms with Crippen LogP contribution in [0, 0.1) is 30.3 Å². The van der Waals surface area contributed by atoms with Crippen LogP contribution in [0.15, 0.2) is 24.4 Å². The summed E-state index contributed by atoms with van der Waals surface area (Å²) in [5, 5.41) is 37.2. The number of fused-ring (bicyclic) bond motifs is 1. The summed E-state index contributed by atoms with van der Waals surface area (Å²) in [6, 6.07) is 3.19. The van der Waals surface area contributed by atoms with E-state index < -0.39 is 26.1 Å². The Labute approximate surface area is 182 Å². The third-order valence-electron chi connectivity index (χ3n) is 4.26. The molecule has 162 valence electrons. The number of hydrogen-bond acceptors (Lipinski definition) is 9. The van der Waals surface area contributed by atoms with Crippen molar-refractivity contribution in [2.75, 3.05) is 5.88 Å². The fraction of sp³-hybridized carbons (Fsp3) is 0.250. The van der Waals surface area contributed by atoms with Gasteiger partial charge in [0.25, 0.3) is 11.4 Å². The van der Waals surface area contributed by atoms with Gasteiger partial charge in [0.05, 0.1) is 45.3 Å². The lowest BCUT2D eigenvalue weighted by molar-refractivity contribution is -0.394. The molecular weight excluding hydrogens is 459 g/mol. The lowest BCUT2D eigenvalue weighted by Crippen LogP contribution is -2.09. The predicted octanol–water partition coefficient (Wildman–Crippen LogP) is 3.61. The van der Waals surface area contributed by atoms with Crippen molar-refractivity contribution in [1.82, 2.24) is 14.6 Å². The molecule has 0 amide bonds. The van der Waals surface area contributed by atoms with Gasteiger partial charge in [0, 0.05) is 17.5 Å². The molecule has 2 aromatic heterocycles. The van der Waals surface area contributed by atoms with Gasteiger partial charge in [-0.25, -0.2) is 4.98 Å². The van der Waals surface area contributed by atoms with Crippen LogP contribution in [0.2, 0.25) is 5.15 Å². The summed E-state index contributed by atoms with van der Waals surface area (Å²) in [5.41, 5.74) is -0.515. The largest absolute Gasteiger partial charge is 0.370 e. The number of halogens is 2. The van der Waals surface area contributed by atoms with Crippen molar-refractivity contribution < 1.29 is 19.5 Å². The van der Waals surface area contributed by atoms with Crippen molar-refractivity contribution in [1.29, 1.82) is 0 Å². The van der Waals surface area contributed by atoms with Crippen molar-refractivity contribution in [2.45, 2.75) is 19.6 Å². The van der Waals surface area contributed by atoms with E-state index in [-0.39, 0.29) is 53.3 Å². The van der Waals surface area contributed by atoms with Gasteiger partial charge >= 0.3 is 5.69 Å². The molecule has 3 rings (SSSR count). The smallest absolute Gasteiger partial charge is 0.333 e. The summed E-state index contributed by atoms with van der Waals surface area (Å²) in [5.74, 6) is 0.178. The average Bonchev–Trinajstić information content (AvgIpc) is 3.15. The third kappa shape index (κ3) is 4.52. The minimum absolute atomic E-state index is 0.0821. The van der Waals surface area contributed by atoms with Gasteiger partial charge in [-0.2, -0.15) is 9.61 Å². The number of rotatable bonds is 9. The Morgan fingerprint density at radius 3 is 2.35 bits per heavy atom. The van der Waals surface area contributed by atoms with E-state index in [9.17, 15) is 30.3 Å². The van der Waals surface area contributed by atoms with Gasteiger partial charge in [-0.05, 0) is 12.5 Å². The molecule has 0 N–H and O–H groups in total. The number of nitro benzene ring substituents is 2. The number of nitro groups is 3. The van der Waals surface area contributed by atoms with Crippen molar-refractivity contribution >= 4 is 45.9 Å². The lowest BCUT2D eigenvalue weighted by Gasteiger charge is -2.11. The molecule has 0 aliphatic rings. The molecule has 2 heterocycles. The van der Waals surface area contributed by atoms with Gasteiger partial charge in [0.1, 0.15) is 11.3 Å². The summed E-state index contributed by atoms with van der Waals surface area (Å²) in [6.07, 6.45) is 1.29.